The van der Waals surface area contributed by atoms with E-state index in [1.54, 1.807) is 13.2 Å². The molecule has 1 aliphatic heterocycles. The zero-order valence-corrected chi connectivity index (χ0v) is 15.3. The zero-order chi connectivity index (χ0) is 18.5. The fourth-order valence-corrected chi connectivity index (χ4v) is 4.66. The Hall–Kier alpha value is -2.10. The van der Waals surface area contributed by atoms with Crippen LogP contribution in [0.4, 0.5) is 0 Å². The smallest absolute Gasteiger partial charge is 0.268 e. The molecule has 1 amide bonds. The Bertz CT molecular complexity index is 954. The molecule has 2 fully saturated rings. The predicted molar refractivity (Wildman–Crippen MR) is 95.7 cm³/mol. The summed E-state index contributed by atoms with van der Waals surface area (Å²) in [7, 11) is -1.80. The second-order valence-corrected chi connectivity index (χ2v) is 8.62. The second kappa shape index (κ2) is 6.26. The molecule has 1 saturated heterocycles. The quantitative estimate of drug-likeness (QED) is 0.705. The minimum Gasteiger partial charge on any atom is -0.497 e. The van der Waals surface area contributed by atoms with Gasteiger partial charge < -0.3 is 19.8 Å². The third-order valence-corrected chi connectivity index (χ3v) is 5.81. The maximum atomic E-state index is 12.7. The summed E-state index contributed by atoms with van der Waals surface area (Å²) in [6, 6.07) is 6.55. The molecule has 0 spiro atoms. The summed E-state index contributed by atoms with van der Waals surface area (Å²) in [5.74, 6) is 0.573. The highest BCUT2D eigenvalue weighted by molar-refractivity contribution is 7.88. The molecule has 26 heavy (non-hydrogen) atoms. The van der Waals surface area contributed by atoms with Crippen LogP contribution >= 0.6 is 0 Å². The standard InChI is InChI=1S/C17H21N3O5S/c1-24-10-3-4-12-9(7-10)8-13(18-12)17(21)19-14-11-5-6-25-16(11)15(14)20-26(2,22)23/h3-4,7-8,11,14-16,18,20H,5-6H2,1-2H3,(H,19,21). The van der Waals surface area contributed by atoms with Crippen molar-refractivity contribution in [2.45, 2.75) is 24.6 Å². The van der Waals surface area contributed by atoms with E-state index in [9.17, 15) is 13.2 Å². The van der Waals surface area contributed by atoms with Gasteiger partial charge in [0.05, 0.1) is 31.6 Å². The molecule has 9 heteroatoms. The number of carbonyl (C=O) groups excluding carboxylic acids is 1. The van der Waals surface area contributed by atoms with Crippen LogP contribution in [0.3, 0.4) is 0 Å². The van der Waals surface area contributed by atoms with Crippen molar-refractivity contribution in [3.8, 4) is 5.75 Å². The van der Waals surface area contributed by atoms with Crippen LogP contribution < -0.4 is 14.8 Å². The summed E-state index contributed by atoms with van der Waals surface area (Å²) < 4.78 is 36.6. The molecule has 1 aromatic carbocycles. The lowest BCUT2D eigenvalue weighted by Crippen LogP contribution is -2.70. The molecule has 4 rings (SSSR count). The fourth-order valence-electron chi connectivity index (χ4n) is 3.88. The predicted octanol–water partition coefficient (Wildman–Crippen LogP) is 0.611. The van der Waals surface area contributed by atoms with E-state index < -0.39 is 16.1 Å². The van der Waals surface area contributed by atoms with Crippen LogP contribution in [0.5, 0.6) is 5.75 Å². The lowest BCUT2D eigenvalue weighted by Gasteiger charge is -2.47. The highest BCUT2D eigenvalue weighted by Gasteiger charge is 2.55. The van der Waals surface area contributed by atoms with Gasteiger partial charge in [0.15, 0.2) is 0 Å². The van der Waals surface area contributed by atoms with Crippen molar-refractivity contribution in [3.63, 3.8) is 0 Å². The summed E-state index contributed by atoms with van der Waals surface area (Å²) in [5, 5.41) is 3.83. The van der Waals surface area contributed by atoms with Crippen LogP contribution in [-0.4, -0.2) is 57.5 Å². The van der Waals surface area contributed by atoms with E-state index in [0.717, 1.165) is 23.6 Å². The average Bonchev–Trinajstić information content (AvgIpc) is 3.20. The number of fused-ring (bicyclic) bond motifs is 2. The van der Waals surface area contributed by atoms with E-state index in [2.05, 4.69) is 15.0 Å². The first-order chi connectivity index (χ1) is 12.4. The molecule has 3 N–H and O–H groups in total. The van der Waals surface area contributed by atoms with Gasteiger partial charge in [0.1, 0.15) is 11.4 Å². The van der Waals surface area contributed by atoms with Crippen LogP contribution in [-0.2, 0) is 14.8 Å². The molecule has 0 bridgehead atoms. The van der Waals surface area contributed by atoms with E-state index in [0.29, 0.717) is 18.1 Å². The number of hydrogen-bond acceptors (Lipinski definition) is 5. The molecule has 2 aliphatic rings. The van der Waals surface area contributed by atoms with Gasteiger partial charge in [0.2, 0.25) is 10.0 Å². The molecule has 4 unspecified atom stereocenters. The normalized spacial score (nSPS) is 27.8. The van der Waals surface area contributed by atoms with E-state index in [4.69, 9.17) is 9.47 Å². The van der Waals surface area contributed by atoms with Gasteiger partial charge in [-0.05, 0) is 30.7 Å². The van der Waals surface area contributed by atoms with Crippen molar-refractivity contribution >= 4 is 26.8 Å². The molecule has 1 aliphatic carbocycles. The molecule has 1 aromatic heterocycles. The molecule has 4 atom stereocenters. The maximum Gasteiger partial charge on any atom is 0.268 e. The van der Waals surface area contributed by atoms with Gasteiger partial charge in [-0.2, -0.15) is 0 Å². The Morgan fingerprint density at radius 1 is 1.31 bits per heavy atom. The van der Waals surface area contributed by atoms with Crippen LogP contribution in [0.15, 0.2) is 24.3 Å². The van der Waals surface area contributed by atoms with Gasteiger partial charge in [0.25, 0.3) is 5.91 Å². The van der Waals surface area contributed by atoms with Crippen LogP contribution in [0.25, 0.3) is 10.9 Å². The van der Waals surface area contributed by atoms with Gasteiger partial charge in [-0.1, -0.05) is 0 Å². The van der Waals surface area contributed by atoms with Crippen molar-refractivity contribution in [2.24, 2.45) is 5.92 Å². The van der Waals surface area contributed by atoms with Gasteiger partial charge >= 0.3 is 0 Å². The Morgan fingerprint density at radius 3 is 2.85 bits per heavy atom. The number of ether oxygens (including phenoxy) is 2. The maximum absolute atomic E-state index is 12.7. The highest BCUT2D eigenvalue weighted by atomic mass is 32.2. The van der Waals surface area contributed by atoms with Crippen LogP contribution in [0.2, 0.25) is 0 Å². The largest absolute Gasteiger partial charge is 0.497 e. The minimum absolute atomic E-state index is 0.127. The van der Waals surface area contributed by atoms with Crippen molar-refractivity contribution < 1.29 is 22.7 Å². The van der Waals surface area contributed by atoms with Crippen LogP contribution in [0, 0.1) is 5.92 Å². The summed E-state index contributed by atoms with van der Waals surface area (Å²) in [4.78, 5) is 15.8. The topological polar surface area (TPSA) is 110 Å². The Morgan fingerprint density at radius 2 is 2.12 bits per heavy atom. The molecule has 0 radical (unpaired) electrons. The third-order valence-electron chi connectivity index (χ3n) is 5.11. The first kappa shape index (κ1) is 17.3. The first-order valence-electron chi connectivity index (χ1n) is 8.42. The number of nitrogens with one attached hydrogen (secondary N) is 3. The molecule has 140 valence electrons. The first-order valence-corrected chi connectivity index (χ1v) is 10.3. The number of benzene rings is 1. The van der Waals surface area contributed by atoms with E-state index >= 15 is 0 Å². The molecule has 2 aromatic rings. The molecule has 8 nitrogen and oxygen atoms in total. The van der Waals surface area contributed by atoms with Crippen molar-refractivity contribution in [3.05, 3.63) is 30.0 Å². The van der Waals surface area contributed by atoms with Gasteiger partial charge in [0, 0.05) is 23.4 Å². The van der Waals surface area contributed by atoms with Gasteiger partial charge in [-0.3, -0.25) is 4.79 Å². The third kappa shape index (κ3) is 3.06. The van der Waals surface area contributed by atoms with E-state index in [1.165, 1.54) is 0 Å². The highest BCUT2D eigenvalue weighted by Crippen LogP contribution is 2.39. The Balaban J connectivity index is 1.53. The lowest BCUT2D eigenvalue weighted by atomic mass is 9.72. The average molecular weight is 379 g/mol. The summed E-state index contributed by atoms with van der Waals surface area (Å²) in [5.41, 5.74) is 1.26. The zero-order valence-electron chi connectivity index (χ0n) is 14.5. The number of hydrogen-bond donors (Lipinski definition) is 3. The van der Waals surface area contributed by atoms with Gasteiger partial charge in [-0.15, -0.1) is 0 Å². The number of sulfonamides is 1. The lowest BCUT2D eigenvalue weighted by molar-refractivity contribution is -0.0194. The van der Waals surface area contributed by atoms with E-state index in [1.807, 2.05) is 18.2 Å². The number of H-pyrrole nitrogens is 1. The number of aromatic amines is 1. The number of amides is 1. The van der Waals surface area contributed by atoms with E-state index in [-0.39, 0.29) is 24.0 Å². The monoisotopic (exact) mass is 379 g/mol. The summed E-state index contributed by atoms with van der Waals surface area (Å²) in [6.45, 7) is 0.579. The molecule has 2 heterocycles. The van der Waals surface area contributed by atoms with Gasteiger partial charge in [-0.25, -0.2) is 13.1 Å². The van der Waals surface area contributed by atoms with Crippen LogP contribution in [0.1, 0.15) is 16.9 Å². The molecule has 1 saturated carbocycles. The SMILES string of the molecule is COc1ccc2[nH]c(C(=O)NC3C4CCOC4C3NS(C)(=O)=O)cc2c1. The number of methoxy groups -OCH3 is 1. The second-order valence-electron chi connectivity index (χ2n) is 6.84. The van der Waals surface area contributed by atoms with Crippen molar-refractivity contribution in [1.82, 2.24) is 15.0 Å². The molecular weight excluding hydrogens is 358 g/mol. The molecular formula is C17H21N3O5S. The number of aromatic nitrogens is 1. The number of rotatable bonds is 5. The fraction of sp³-hybridized carbons (Fsp3) is 0.471. The Kier molecular flexibility index (Phi) is 4.17. The Labute approximate surface area is 151 Å². The van der Waals surface area contributed by atoms with Crippen molar-refractivity contribution in [1.29, 1.82) is 0 Å². The minimum atomic E-state index is -3.39. The number of carbonyl (C=O) groups is 1. The summed E-state index contributed by atoms with van der Waals surface area (Å²) >= 11 is 0. The van der Waals surface area contributed by atoms with Crippen molar-refractivity contribution in [2.75, 3.05) is 20.0 Å². The summed E-state index contributed by atoms with van der Waals surface area (Å²) in [6.07, 6.45) is 1.74.